The monoisotopic (exact) mass is 444 g/mol. The average Bonchev–Trinajstić information content (AvgIpc) is 3.28. The summed E-state index contributed by atoms with van der Waals surface area (Å²) in [6, 6.07) is 16.3. The Labute approximate surface area is 195 Å². The van der Waals surface area contributed by atoms with Gasteiger partial charge in [-0.05, 0) is 87.9 Å². The van der Waals surface area contributed by atoms with Crippen molar-refractivity contribution in [3.63, 3.8) is 0 Å². The van der Waals surface area contributed by atoms with Gasteiger partial charge in [0.05, 0.1) is 5.56 Å². The molecule has 0 unspecified atom stereocenters. The molecule has 166 valence electrons. The second kappa shape index (κ2) is 8.71. The van der Waals surface area contributed by atoms with E-state index in [1.165, 1.54) is 40.0 Å². The van der Waals surface area contributed by atoms with Crippen LogP contribution in [0.4, 0.5) is 0 Å². The third kappa shape index (κ3) is 4.73. The van der Waals surface area contributed by atoms with Gasteiger partial charge >= 0.3 is 5.97 Å². The molecule has 0 aliphatic heterocycles. The zero-order valence-electron chi connectivity index (χ0n) is 19.4. The highest BCUT2D eigenvalue weighted by atomic mass is 32.1. The molecule has 4 rings (SSSR count). The predicted octanol–water partition coefficient (Wildman–Crippen LogP) is 7.75. The van der Waals surface area contributed by atoms with Crippen LogP contribution in [0.3, 0.4) is 0 Å². The third-order valence-electron chi connectivity index (χ3n) is 6.95. The van der Waals surface area contributed by atoms with Crippen LogP contribution in [-0.2, 0) is 23.7 Å². The highest BCUT2D eigenvalue weighted by Crippen LogP contribution is 2.46. The first-order chi connectivity index (χ1) is 15.2. The number of carbonyl (C=O) groups is 1. The molecule has 0 bridgehead atoms. The van der Waals surface area contributed by atoms with Gasteiger partial charge in [-0.2, -0.15) is 0 Å². The fourth-order valence-electron chi connectivity index (χ4n) is 4.68. The van der Waals surface area contributed by atoms with Crippen molar-refractivity contribution in [2.45, 2.75) is 64.2 Å². The Balaban J connectivity index is 1.73. The Morgan fingerprint density at radius 1 is 0.938 bits per heavy atom. The maximum atomic E-state index is 11.1. The maximum absolute atomic E-state index is 11.1. The minimum atomic E-state index is -0.893. The molecule has 0 saturated carbocycles. The van der Waals surface area contributed by atoms with Gasteiger partial charge in [-0.25, -0.2) is 4.79 Å². The molecule has 0 radical (unpaired) electrons. The van der Waals surface area contributed by atoms with Crippen LogP contribution in [0, 0.1) is 0 Å². The van der Waals surface area contributed by atoms with Gasteiger partial charge in [0.1, 0.15) is 0 Å². The molecule has 32 heavy (non-hydrogen) atoms. The van der Waals surface area contributed by atoms with Crippen LogP contribution in [0.2, 0.25) is 0 Å². The minimum absolute atomic E-state index is 0.170. The Kier molecular flexibility index (Phi) is 6.13. The molecule has 3 heteroatoms. The van der Waals surface area contributed by atoms with Crippen molar-refractivity contribution < 1.29 is 9.90 Å². The van der Waals surface area contributed by atoms with Gasteiger partial charge in [0.2, 0.25) is 0 Å². The van der Waals surface area contributed by atoms with Gasteiger partial charge < -0.3 is 5.11 Å². The Morgan fingerprint density at radius 3 is 2.19 bits per heavy atom. The first-order valence-corrected chi connectivity index (χ1v) is 12.3. The number of aryl methyl sites for hydroxylation is 2. The number of thiophene rings is 1. The zero-order valence-corrected chi connectivity index (χ0v) is 20.3. The normalized spacial score (nSPS) is 16.8. The Morgan fingerprint density at radius 2 is 1.59 bits per heavy atom. The molecular formula is C29H32O2S. The lowest BCUT2D eigenvalue weighted by atomic mass is 9.62. The number of hydrogen-bond donors (Lipinski definition) is 1. The van der Waals surface area contributed by atoms with Crippen LogP contribution in [0.5, 0.6) is 0 Å². The number of carboxylic acids is 1. The van der Waals surface area contributed by atoms with Crippen molar-refractivity contribution in [3.05, 3.63) is 92.2 Å². The molecule has 1 aliphatic carbocycles. The summed E-state index contributed by atoms with van der Waals surface area (Å²) in [5.74, 6) is -0.893. The van der Waals surface area contributed by atoms with E-state index in [2.05, 4.69) is 69.5 Å². The van der Waals surface area contributed by atoms with Gasteiger partial charge in [0.25, 0.3) is 0 Å². The predicted molar refractivity (Wildman–Crippen MR) is 136 cm³/mol. The standard InChI is InChI=1S/C29H32O2S/c1-28(2)15-16-29(3,4)26-19-23(13-14-24-6-5-17-32-24)22(18-25(26)28)12-9-20-7-10-21(11-8-20)27(30)31/h5-12,17-19H,13-16H2,1-4H3,(H,30,31). The molecule has 0 spiro atoms. The second-order valence-corrected chi connectivity index (χ2v) is 11.2. The first kappa shape index (κ1) is 22.5. The molecule has 3 aromatic rings. The summed E-state index contributed by atoms with van der Waals surface area (Å²) in [4.78, 5) is 12.6. The lowest BCUT2D eigenvalue weighted by Crippen LogP contribution is -2.34. The number of fused-ring (bicyclic) bond motifs is 1. The van der Waals surface area contributed by atoms with E-state index in [1.54, 1.807) is 12.1 Å². The van der Waals surface area contributed by atoms with E-state index in [0.717, 1.165) is 18.4 Å². The van der Waals surface area contributed by atoms with Gasteiger partial charge in [-0.3, -0.25) is 0 Å². The molecule has 2 nitrogen and oxygen atoms in total. The third-order valence-corrected chi connectivity index (χ3v) is 7.88. The summed E-state index contributed by atoms with van der Waals surface area (Å²) in [7, 11) is 0. The molecule has 0 atom stereocenters. The van der Waals surface area contributed by atoms with Crippen LogP contribution >= 0.6 is 11.3 Å². The van der Waals surface area contributed by atoms with E-state index in [-0.39, 0.29) is 10.8 Å². The highest BCUT2D eigenvalue weighted by molar-refractivity contribution is 7.09. The van der Waals surface area contributed by atoms with Crippen LogP contribution in [0.1, 0.15) is 83.6 Å². The maximum Gasteiger partial charge on any atom is 0.335 e. The van der Waals surface area contributed by atoms with Crippen molar-refractivity contribution in [3.8, 4) is 0 Å². The minimum Gasteiger partial charge on any atom is -0.478 e. The lowest BCUT2D eigenvalue weighted by Gasteiger charge is -2.42. The molecular weight excluding hydrogens is 412 g/mol. The molecule has 1 heterocycles. The van der Waals surface area contributed by atoms with E-state index < -0.39 is 5.97 Å². The van der Waals surface area contributed by atoms with Crippen molar-refractivity contribution in [1.29, 1.82) is 0 Å². The van der Waals surface area contributed by atoms with Gasteiger partial charge in [-0.1, -0.05) is 70.2 Å². The second-order valence-electron chi connectivity index (χ2n) is 10.2. The number of rotatable bonds is 6. The molecule has 0 fully saturated rings. The number of benzene rings is 2. The smallest absolute Gasteiger partial charge is 0.335 e. The molecule has 0 amide bonds. The number of aromatic carboxylic acids is 1. The zero-order chi connectivity index (χ0) is 22.9. The summed E-state index contributed by atoms with van der Waals surface area (Å²) in [6.45, 7) is 9.49. The lowest BCUT2D eigenvalue weighted by molar-refractivity contribution is 0.0697. The van der Waals surface area contributed by atoms with Crippen LogP contribution < -0.4 is 0 Å². The molecule has 2 aromatic carbocycles. The van der Waals surface area contributed by atoms with Crippen molar-refractivity contribution in [2.75, 3.05) is 0 Å². The molecule has 0 saturated heterocycles. The van der Waals surface area contributed by atoms with Crippen LogP contribution in [0.25, 0.3) is 12.2 Å². The van der Waals surface area contributed by atoms with E-state index in [9.17, 15) is 4.79 Å². The fraction of sp³-hybridized carbons (Fsp3) is 0.345. The van der Waals surface area contributed by atoms with Crippen LogP contribution in [-0.4, -0.2) is 11.1 Å². The quantitative estimate of drug-likeness (QED) is 0.395. The summed E-state index contributed by atoms with van der Waals surface area (Å²) in [6.07, 6.45) is 8.78. The van der Waals surface area contributed by atoms with Gasteiger partial charge in [0.15, 0.2) is 0 Å². The molecule has 1 aliphatic rings. The average molecular weight is 445 g/mol. The molecule has 1 aromatic heterocycles. The van der Waals surface area contributed by atoms with Gasteiger partial charge in [0, 0.05) is 4.88 Å². The fourth-order valence-corrected chi connectivity index (χ4v) is 5.39. The van der Waals surface area contributed by atoms with Crippen molar-refractivity contribution in [1.82, 2.24) is 0 Å². The van der Waals surface area contributed by atoms with E-state index in [4.69, 9.17) is 5.11 Å². The Hall–Kier alpha value is -2.65. The summed E-state index contributed by atoms with van der Waals surface area (Å²) in [5, 5.41) is 11.3. The number of hydrogen-bond acceptors (Lipinski definition) is 2. The topological polar surface area (TPSA) is 37.3 Å². The summed E-state index contributed by atoms with van der Waals surface area (Å²) < 4.78 is 0. The summed E-state index contributed by atoms with van der Waals surface area (Å²) in [5.41, 5.74) is 7.32. The van der Waals surface area contributed by atoms with E-state index in [0.29, 0.717) is 5.56 Å². The van der Waals surface area contributed by atoms with Crippen LogP contribution in [0.15, 0.2) is 53.9 Å². The van der Waals surface area contributed by atoms with Crippen molar-refractivity contribution in [2.24, 2.45) is 0 Å². The first-order valence-electron chi connectivity index (χ1n) is 11.4. The highest BCUT2D eigenvalue weighted by Gasteiger charge is 2.37. The van der Waals surface area contributed by atoms with Crippen molar-refractivity contribution >= 4 is 29.5 Å². The largest absolute Gasteiger partial charge is 0.478 e. The SMILES string of the molecule is CC1(C)CCC(C)(C)c2cc(CCc3cccs3)c(C=Cc3ccc(C(=O)O)cc3)cc21. The van der Waals surface area contributed by atoms with E-state index >= 15 is 0 Å². The molecule has 1 N–H and O–H groups in total. The van der Waals surface area contributed by atoms with E-state index in [1.807, 2.05) is 23.5 Å². The Bertz CT molecular complexity index is 1130. The number of carboxylic acid groups (broad SMARTS) is 1. The summed E-state index contributed by atoms with van der Waals surface area (Å²) >= 11 is 1.82. The van der Waals surface area contributed by atoms with Gasteiger partial charge in [-0.15, -0.1) is 11.3 Å².